The highest BCUT2D eigenvalue weighted by Crippen LogP contribution is 2.30. The Labute approximate surface area is 96.4 Å². The molecule has 2 aromatic rings. The molecule has 1 unspecified atom stereocenters. The number of aryl methyl sites for hydroxylation is 2. The van der Waals surface area contributed by atoms with Crippen LogP contribution in [0.1, 0.15) is 36.8 Å². The van der Waals surface area contributed by atoms with Gasteiger partial charge in [-0.2, -0.15) is 0 Å². The van der Waals surface area contributed by atoms with Gasteiger partial charge in [-0.1, -0.05) is 26.0 Å². The third-order valence-corrected chi connectivity index (χ3v) is 3.16. The van der Waals surface area contributed by atoms with Gasteiger partial charge in [0.15, 0.2) is 0 Å². The van der Waals surface area contributed by atoms with Crippen LogP contribution in [0.2, 0.25) is 0 Å². The largest absolute Gasteiger partial charge is 0.459 e. The van der Waals surface area contributed by atoms with E-state index < -0.39 is 0 Å². The van der Waals surface area contributed by atoms with Gasteiger partial charge in [-0.25, -0.2) is 0 Å². The molecular weight excluding hydrogens is 198 g/mol. The van der Waals surface area contributed by atoms with E-state index in [0.717, 1.165) is 11.3 Å². The van der Waals surface area contributed by atoms with E-state index >= 15 is 0 Å². The summed E-state index contributed by atoms with van der Waals surface area (Å²) in [6, 6.07) is 6.28. The second-order valence-electron chi connectivity index (χ2n) is 4.86. The highest BCUT2D eigenvalue weighted by atomic mass is 16.3. The Hall–Kier alpha value is -1.28. The summed E-state index contributed by atoms with van der Waals surface area (Å²) >= 11 is 0. The van der Waals surface area contributed by atoms with E-state index in [1.54, 1.807) is 0 Å². The van der Waals surface area contributed by atoms with Crippen molar-refractivity contribution in [3.63, 3.8) is 0 Å². The van der Waals surface area contributed by atoms with Gasteiger partial charge in [0, 0.05) is 5.39 Å². The molecule has 16 heavy (non-hydrogen) atoms. The summed E-state index contributed by atoms with van der Waals surface area (Å²) in [4.78, 5) is 0. The summed E-state index contributed by atoms with van der Waals surface area (Å²) in [7, 11) is 0. The molecule has 0 radical (unpaired) electrons. The lowest BCUT2D eigenvalue weighted by atomic mass is 10.0. The molecule has 0 aliphatic carbocycles. The van der Waals surface area contributed by atoms with Gasteiger partial charge in [0.2, 0.25) is 0 Å². The monoisotopic (exact) mass is 217 g/mol. The maximum absolute atomic E-state index is 6.11. The Kier molecular flexibility index (Phi) is 2.76. The normalized spacial score (nSPS) is 13.6. The third-order valence-electron chi connectivity index (χ3n) is 3.16. The maximum Gasteiger partial charge on any atom is 0.137 e. The highest BCUT2D eigenvalue weighted by molar-refractivity contribution is 5.84. The molecule has 0 fully saturated rings. The summed E-state index contributed by atoms with van der Waals surface area (Å²) in [5.41, 5.74) is 9.50. The molecule has 2 rings (SSSR count). The summed E-state index contributed by atoms with van der Waals surface area (Å²) in [6.45, 7) is 8.38. The van der Waals surface area contributed by atoms with Gasteiger partial charge in [-0.15, -0.1) is 0 Å². The summed E-state index contributed by atoms with van der Waals surface area (Å²) in [5.74, 6) is 1.28. The second kappa shape index (κ2) is 3.95. The van der Waals surface area contributed by atoms with E-state index in [9.17, 15) is 0 Å². The number of hydrogen-bond acceptors (Lipinski definition) is 2. The molecule has 1 heterocycles. The van der Waals surface area contributed by atoms with Crippen molar-refractivity contribution in [2.75, 3.05) is 0 Å². The number of rotatable bonds is 2. The molecule has 1 atom stereocenters. The average molecular weight is 217 g/mol. The lowest BCUT2D eigenvalue weighted by Crippen LogP contribution is -2.15. The van der Waals surface area contributed by atoms with Crippen molar-refractivity contribution in [2.45, 2.75) is 33.7 Å². The molecule has 0 spiro atoms. The van der Waals surface area contributed by atoms with E-state index in [0.29, 0.717) is 5.92 Å². The molecule has 86 valence electrons. The van der Waals surface area contributed by atoms with Crippen molar-refractivity contribution < 1.29 is 4.42 Å². The van der Waals surface area contributed by atoms with Gasteiger partial charge in [-0.05, 0) is 37.0 Å². The smallest absolute Gasteiger partial charge is 0.137 e. The minimum absolute atomic E-state index is 0.0220. The van der Waals surface area contributed by atoms with Crippen LogP contribution in [0.4, 0.5) is 0 Å². The lowest BCUT2D eigenvalue weighted by Gasteiger charge is -2.11. The van der Waals surface area contributed by atoms with Crippen LogP contribution in [-0.4, -0.2) is 0 Å². The number of furan rings is 1. The molecule has 0 saturated carbocycles. The van der Waals surface area contributed by atoms with Crippen LogP contribution in [0.5, 0.6) is 0 Å². The molecule has 0 amide bonds. The van der Waals surface area contributed by atoms with Crippen LogP contribution in [-0.2, 0) is 0 Å². The topological polar surface area (TPSA) is 39.2 Å². The van der Waals surface area contributed by atoms with Crippen LogP contribution >= 0.6 is 0 Å². The zero-order valence-corrected chi connectivity index (χ0v) is 10.4. The fourth-order valence-corrected chi connectivity index (χ4v) is 1.90. The van der Waals surface area contributed by atoms with Gasteiger partial charge in [0.25, 0.3) is 0 Å². The van der Waals surface area contributed by atoms with Crippen molar-refractivity contribution >= 4 is 11.0 Å². The Morgan fingerprint density at radius 2 is 1.75 bits per heavy atom. The summed E-state index contributed by atoms with van der Waals surface area (Å²) in [5, 5.41) is 1.19. The Morgan fingerprint density at radius 3 is 2.31 bits per heavy atom. The second-order valence-corrected chi connectivity index (χ2v) is 4.86. The summed E-state index contributed by atoms with van der Waals surface area (Å²) in [6.07, 6.45) is 0. The van der Waals surface area contributed by atoms with Gasteiger partial charge in [-0.3, -0.25) is 0 Å². The first-order chi connectivity index (χ1) is 7.50. The van der Waals surface area contributed by atoms with E-state index in [4.69, 9.17) is 10.2 Å². The predicted octanol–water partition coefficient (Wildman–Crippen LogP) is 3.71. The molecule has 2 N–H and O–H groups in total. The quantitative estimate of drug-likeness (QED) is 0.833. The molecule has 0 aliphatic rings. The first-order valence-electron chi connectivity index (χ1n) is 5.76. The molecule has 2 heteroatoms. The summed E-state index contributed by atoms with van der Waals surface area (Å²) < 4.78 is 5.88. The Morgan fingerprint density at radius 1 is 1.12 bits per heavy atom. The van der Waals surface area contributed by atoms with Crippen LogP contribution < -0.4 is 5.73 Å². The molecule has 0 bridgehead atoms. The first kappa shape index (κ1) is 11.2. The highest BCUT2D eigenvalue weighted by Gasteiger charge is 2.16. The first-order valence-corrected chi connectivity index (χ1v) is 5.76. The molecule has 0 saturated heterocycles. The third kappa shape index (κ3) is 1.74. The fraction of sp³-hybridized carbons (Fsp3) is 0.429. The molecule has 1 aromatic heterocycles. The van der Waals surface area contributed by atoms with E-state index in [2.05, 4.69) is 45.9 Å². The fourth-order valence-electron chi connectivity index (χ4n) is 1.90. The average Bonchev–Trinajstić information content (AvgIpc) is 2.68. The van der Waals surface area contributed by atoms with Gasteiger partial charge >= 0.3 is 0 Å². The molecule has 0 aliphatic heterocycles. The standard InChI is InChI=1S/C14H19NO/c1-8(2)13(15)12-7-11-9(3)5-6-10(4)14(11)16-12/h5-8,13H,15H2,1-4H3. The Balaban J connectivity index is 2.60. The van der Waals surface area contributed by atoms with Crippen molar-refractivity contribution in [2.24, 2.45) is 11.7 Å². The van der Waals surface area contributed by atoms with Gasteiger partial charge in [0.1, 0.15) is 11.3 Å². The molecule has 2 nitrogen and oxygen atoms in total. The van der Waals surface area contributed by atoms with Crippen LogP contribution in [0.15, 0.2) is 22.6 Å². The lowest BCUT2D eigenvalue weighted by molar-refractivity contribution is 0.418. The number of hydrogen-bond donors (Lipinski definition) is 1. The van der Waals surface area contributed by atoms with E-state index in [1.165, 1.54) is 16.5 Å². The van der Waals surface area contributed by atoms with Gasteiger partial charge < -0.3 is 10.2 Å². The van der Waals surface area contributed by atoms with Crippen molar-refractivity contribution in [1.82, 2.24) is 0 Å². The maximum atomic E-state index is 6.11. The van der Waals surface area contributed by atoms with Crippen molar-refractivity contribution in [3.8, 4) is 0 Å². The zero-order valence-electron chi connectivity index (χ0n) is 10.4. The molecule has 1 aromatic carbocycles. The van der Waals surface area contributed by atoms with Crippen molar-refractivity contribution in [1.29, 1.82) is 0 Å². The SMILES string of the molecule is Cc1ccc(C)c2oc(C(N)C(C)C)cc12. The van der Waals surface area contributed by atoms with Crippen molar-refractivity contribution in [3.05, 3.63) is 35.1 Å². The minimum Gasteiger partial charge on any atom is -0.459 e. The minimum atomic E-state index is -0.0220. The van der Waals surface area contributed by atoms with E-state index in [1.807, 2.05) is 0 Å². The zero-order chi connectivity index (χ0) is 11.9. The number of nitrogens with two attached hydrogens (primary N) is 1. The van der Waals surface area contributed by atoms with Gasteiger partial charge in [0.05, 0.1) is 6.04 Å². The van der Waals surface area contributed by atoms with Crippen LogP contribution in [0.25, 0.3) is 11.0 Å². The molecular formula is C14H19NO. The van der Waals surface area contributed by atoms with Crippen LogP contribution in [0.3, 0.4) is 0 Å². The van der Waals surface area contributed by atoms with Crippen LogP contribution in [0, 0.1) is 19.8 Å². The number of fused-ring (bicyclic) bond motifs is 1. The van der Waals surface area contributed by atoms with E-state index in [-0.39, 0.29) is 6.04 Å². The Bertz CT molecular complexity index is 472. The predicted molar refractivity (Wildman–Crippen MR) is 67.5 cm³/mol. The number of benzene rings is 1.